The van der Waals surface area contributed by atoms with E-state index in [-0.39, 0.29) is 0 Å². The maximum atomic E-state index is 4.33. The van der Waals surface area contributed by atoms with Gasteiger partial charge in [-0.3, -0.25) is 9.98 Å². The summed E-state index contributed by atoms with van der Waals surface area (Å²) in [4.78, 5) is 8.63. The van der Waals surface area contributed by atoms with Gasteiger partial charge in [-0.25, -0.2) is 0 Å². The van der Waals surface area contributed by atoms with Gasteiger partial charge in [-0.15, -0.1) is 0 Å². The highest BCUT2D eigenvalue weighted by molar-refractivity contribution is 6.44. The SMILES string of the molecule is CN=C(C(=NC)C1CC1)C(C)C. The molecule has 0 aliphatic heterocycles. The highest BCUT2D eigenvalue weighted by Gasteiger charge is 2.30. The first-order chi connectivity index (χ1) is 5.70. The van der Waals surface area contributed by atoms with Gasteiger partial charge in [0.25, 0.3) is 0 Å². The van der Waals surface area contributed by atoms with Crippen molar-refractivity contribution in [3.05, 3.63) is 0 Å². The first kappa shape index (κ1) is 9.43. The molecule has 12 heavy (non-hydrogen) atoms. The Morgan fingerprint density at radius 1 is 1.17 bits per heavy atom. The average Bonchev–Trinajstić information content (AvgIpc) is 2.81. The number of nitrogens with zero attached hydrogens (tertiary/aromatic N) is 2. The predicted octanol–water partition coefficient (Wildman–Crippen LogP) is 2.19. The molecule has 1 fully saturated rings. The highest BCUT2D eigenvalue weighted by Crippen LogP contribution is 2.32. The fraction of sp³-hybridized carbons (Fsp3) is 0.800. The van der Waals surface area contributed by atoms with Gasteiger partial charge >= 0.3 is 0 Å². The minimum atomic E-state index is 0.509. The lowest BCUT2D eigenvalue weighted by Crippen LogP contribution is -2.22. The second kappa shape index (κ2) is 3.83. The lowest BCUT2D eigenvalue weighted by atomic mass is 10.0. The van der Waals surface area contributed by atoms with Crippen LogP contribution >= 0.6 is 0 Å². The van der Waals surface area contributed by atoms with E-state index in [1.54, 1.807) is 0 Å². The lowest BCUT2D eigenvalue weighted by molar-refractivity contribution is 0.886. The van der Waals surface area contributed by atoms with Crippen molar-refractivity contribution >= 4 is 11.4 Å². The molecule has 1 rings (SSSR count). The minimum absolute atomic E-state index is 0.509. The van der Waals surface area contributed by atoms with Gasteiger partial charge < -0.3 is 0 Å². The topological polar surface area (TPSA) is 24.7 Å². The molecule has 2 nitrogen and oxygen atoms in total. The predicted molar refractivity (Wildman–Crippen MR) is 54.3 cm³/mol. The molecule has 0 N–H and O–H groups in total. The van der Waals surface area contributed by atoms with E-state index in [0.717, 1.165) is 5.92 Å². The number of rotatable bonds is 3. The van der Waals surface area contributed by atoms with E-state index >= 15 is 0 Å². The van der Waals surface area contributed by atoms with Crippen molar-refractivity contribution in [2.45, 2.75) is 26.7 Å². The van der Waals surface area contributed by atoms with Crippen molar-refractivity contribution in [2.75, 3.05) is 14.1 Å². The summed E-state index contributed by atoms with van der Waals surface area (Å²) in [6, 6.07) is 0. The summed E-state index contributed by atoms with van der Waals surface area (Å²) in [5, 5.41) is 0. The van der Waals surface area contributed by atoms with Gasteiger partial charge in [-0.1, -0.05) is 13.8 Å². The molecular weight excluding hydrogens is 148 g/mol. The largest absolute Gasteiger partial charge is 0.291 e. The first-order valence-electron chi connectivity index (χ1n) is 4.64. The molecule has 0 unspecified atom stereocenters. The van der Waals surface area contributed by atoms with Crippen molar-refractivity contribution in [2.24, 2.45) is 21.8 Å². The van der Waals surface area contributed by atoms with Crippen LogP contribution in [0.25, 0.3) is 0 Å². The summed E-state index contributed by atoms with van der Waals surface area (Å²) in [6.45, 7) is 4.35. The molecule has 0 bridgehead atoms. The van der Waals surface area contributed by atoms with E-state index in [1.807, 2.05) is 14.1 Å². The Balaban J connectivity index is 2.76. The quantitative estimate of drug-likeness (QED) is 0.574. The third-order valence-electron chi connectivity index (χ3n) is 2.26. The molecule has 0 aromatic rings. The summed E-state index contributed by atoms with van der Waals surface area (Å²) in [5.41, 5.74) is 2.44. The van der Waals surface area contributed by atoms with Gasteiger partial charge in [0, 0.05) is 20.0 Å². The number of hydrogen-bond acceptors (Lipinski definition) is 2. The number of hydrogen-bond donors (Lipinski definition) is 0. The molecule has 0 radical (unpaired) electrons. The molecule has 1 saturated carbocycles. The molecule has 0 aromatic heterocycles. The summed E-state index contributed by atoms with van der Waals surface area (Å²) in [5.74, 6) is 1.23. The molecule has 1 aliphatic rings. The van der Waals surface area contributed by atoms with E-state index in [0.29, 0.717) is 5.92 Å². The van der Waals surface area contributed by atoms with E-state index in [4.69, 9.17) is 0 Å². The molecule has 0 aromatic carbocycles. The Morgan fingerprint density at radius 2 is 1.75 bits per heavy atom. The zero-order valence-corrected chi connectivity index (χ0v) is 8.46. The van der Waals surface area contributed by atoms with Gasteiger partial charge in [0.15, 0.2) is 0 Å². The fourth-order valence-electron chi connectivity index (χ4n) is 1.53. The maximum Gasteiger partial charge on any atom is 0.0588 e. The third-order valence-corrected chi connectivity index (χ3v) is 2.26. The van der Waals surface area contributed by atoms with Crippen LogP contribution in [-0.4, -0.2) is 25.5 Å². The normalized spacial score (nSPS) is 20.4. The Labute approximate surface area is 74.8 Å². The molecule has 68 valence electrons. The van der Waals surface area contributed by atoms with Crippen LogP contribution in [0.5, 0.6) is 0 Å². The third kappa shape index (κ3) is 1.93. The maximum absolute atomic E-state index is 4.33. The molecule has 0 amide bonds. The molecule has 0 spiro atoms. The van der Waals surface area contributed by atoms with Crippen molar-refractivity contribution in [1.29, 1.82) is 0 Å². The smallest absolute Gasteiger partial charge is 0.0588 e. The van der Waals surface area contributed by atoms with Gasteiger partial charge in [0.1, 0.15) is 0 Å². The van der Waals surface area contributed by atoms with Crippen LogP contribution in [0, 0.1) is 11.8 Å². The highest BCUT2D eigenvalue weighted by atomic mass is 14.8. The van der Waals surface area contributed by atoms with Gasteiger partial charge in [-0.2, -0.15) is 0 Å². The molecule has 0 atom stereocenters. The van der Waals surface area contributed by atoms with Gasteiger partial charge in [0.2, 0.25) is 0 Å². The standard InChI is InChI=1S/C10H18N2/c1-7(2)9(11-3)10(12-4)8-5-6-8/h7-8H,5-6H2,1-4H3. The fourth-order valence-corrected chi connectivity index (χ4v) is 1.53. The Kier molecular flexibility index (Phi) is 3.01. The van der Waals surface area contributed by atoms with E-state index in [2.05, 4.69) is 23.8 Å². The van der Waals surface area contributed by atoms with E-state index in [1.165, 1.54) is 24.3 Å². The minimum Gasteiger partial charge on any atom is -0.291 e. The van der Waals surface area contributed by atoms with Crippen molar-refractivity contribution in [3.63, 3.8) is 0 Å². The van der Waals surface area contributed by atoms with Crippen molar-refractivity contribution < 1.29 is 0 Å². The summed E-state index contributed by atoms with van der Waals surface area (Å²) in [6.07, 6.45) is 2.61. The zero-order valence-electron chi connectivity index (χ0n) is 8.46. The summed E-state index contributed by atoms with van der Waals surface area (Å²) >= 11 is 0. The van der Waals surface area contributed by atoms with Gasteiger partial charge in [-0.05, 0) is 18.8 Å². The van der Waals surface area contributed by atoms with Crippen LogP contribution in [0.3, 0.4) is 0 Å². The van der Waals surface area contributed by atoms with Crippen LogP contribution in [0.1, 0.15) is 26.7 Å². The van der Waals surface area contributed by atoms with Crippen LogP contribution in [0.2, 0.25) is 0 Å². The van der Waals surface area contributed by atoms with Crippen LogP contribution in [-0.2, 0) is 0 Å². The second-order valence-corrected chi connectivity index (χ2v) is 3.65. The lowest BCUT2D eigenvalue weighted by Gasteiger charge is -2.10. The van der Waals surface area contributed by atoms with Crippen LogP contribution in [0.15, 0.2) is 9.98 Å². The summed E-state index contributed by atoms with van der Waals surface area (Å²) in [7, 11) is 3.74. The molecule has 1 aliphatic carbocycles. The van der Waals surface area contributed by atoms with Crippen LogP contribution in [0.4, 0.5) is 0 Å². The Morgan fingerprint density at radius 3 is 2.00 bits per heavy atom. The Hall–Kier alpha value is -0.660. The molecule has 2 heteroatoms. The monoisotopic (exact) mass is 166 g/mol. The van der Waals surface area contributed by atoms with Crippen LogP contribution < -0.4 is 0 Å². The zero-order chi connectivity index (χ0) is 9.14. The Bertz CT molecular complexity index is 194. The number of aliphatic imine (C=N–C) groups is 2. The van der Waals surface area contributed by atoms with Crippen molar-refractivity contribution in [3.8, 4) is 0 Å². The van der Waals surface area contributed by atoms with E-state index in [9.17, 15) is 0 Å². The second-order valence-electron chi connectivity index (χ2n) is 3.65. The molecule has 0 heterocycles. The molecular formula is C10H18N2. The van der Waals surface area contributed by atoms with Gasteiger partial charge in [0.05, 0.1) is 11.4 Å². The van der Waals surface area contributed by atoms with Crippen molar-refractivity contribution in [1.82, 2.24) is 0 Å². The molecule has 0 saturated heterocycles. The van der Waals surface area contributed by atoms with E-state index < -0.39 is 0 Å². The summed E-state index contributed by atoms with van der Waals surface area (Å²) < 4.78 is 0. The average molecular weight is 166 g/mol. The first-order valence-corrected chi connectivity index (χ1v) is 4.64.